The third kappa shape index (κ3) is 7.48. The minimum Gasteiger partial charge on any atom is -0.481 e. The van der Waals surface area contributed by atoms with Crippen molar-refractivity contribution in [3.05, 3.63) is 0 Å². The molecule has 0 rings (SSSR count). The Balaban J connectivity index is 4.71. The fourth-order valence-electron chi connectivity index (χ4n) is 2.27. The van der Waals surface area contributed by atoms with Crippen LogP contribution in [0.4, 0.5) is 0 Å². The monoisotopic (exact) mass is 286 g/mol. The largest absolute Gasteiger partial charge is 0.481 e. The summed E-state index contributed by atoms with van der Waals surface area (Å²) in [6.45, 7) is 11.0. The number of rotatable bonds is 8. The summed E-state index contributed by atoms with van der Waals surface area (Å²) in [5.74, 6) is -0.976. The molecule has 0 bridgehead atoms. The molecule has 0 heterocycles. The quantitative estimate of drug-likeness (QED) is 0.715. The van der Waals surface area contributed by atoms with Crippen molar-refractivity contribution in [2.75, 3.05) is 13.1 Å². The number of carbonyl (C=O) groups excluding carboxylic acids is 1. The van der Waals surface area contributed by atoms with E-state index in [9.17, 15) is 9.59 Å². The Morgan fingerprint density at radius 2 is 1.80 bits per heavy atom. The molecule has 20 heavy (non-hydrogen) atoms. The summed E-state index contributed by atoms with van der Waals surface area (Å²) in [5.41, 5.74) is 5.80. The highest BCUT2D eigenvalue weighted by Gasteiger charge is 2.28. The molecule has 3 N–H and O–H groups in total. The topological polar surface area (TPSA) is 83.6 Å². The van der Waals surface area contributed by atoms with Gasteiger partial charge in [-0.25, -0.2) is 0 Å². The van der Waals surface area contributed by atoms with E-state index < -0.39 is 5.97 Å². The second kappa shape index (κ2) is 8.25. The number of amides is 1. The maximum absolute atomic E-state index is 12.6. The molecule has 0 aliphatic carbocycles. The molecular formula is C15H30N2O3. The van der Waals surface area contributed by atoms with Crippen LogP contribution in [-0.2, 0) is 9.59 Å². The second-order valence-electron chi connectivity index (χ2n) is 6.82. The third-order valence-electron chi connectivity index (χ3n) is 3.19. The average molecular weight is 286 g/mol. The van der Waals surface area contributed by atoms with Gasteiger partial charge in [0.25, 0.3) is 0 Å². The van der Waals surface area contributed by atoms with Crippen molar-refractivity contribution < 1.29 is 14.7 Å². The van der Waals surface area contributed by atoms with E-state index in [0.29, 0.717) is 19.5 Å². The summed E-state index contributed by atoms with van der Waals surface area (Å²) in [6, 6.07) is 0.0605. The number of hydrogen-bond donors (Lipinski definition) is 2. The SMILES string of the molecule is CC(C)N(CCCC(=O)O)C(=O)C(CN)CC(C)(C)C. The van der Waals surface area contributed by atoms with Crippen LogP contribution < -0.4 is 5.73 Å². The molecule has 5 nitrogen and oxygen atoms in total. The number of hydrogen-bond acceptors (Lipinski definition) is 3. The van der Waals surface area contributed by atoms with Gasteiger partial charge in [-0.15, -0.1) is 0 Å². The number of nitrogens with two attached hydrogens (primary N) is 1. The molecule has 0 aliphatic heterocycles. The van der Waals surface area contributed by atoms with Gasteiger partial charge in [0.1, 0.15) is 0 Å². The first kappa shape index (κ1) is 18.9. The van der Waals surface area contributed by atoms with Crippen molar-refractivity contribution in [1.82, 2.24) is 4.90 Å². The molecule has 0 saturated heterocycles. The molecular weight excluding hydrogens is 256 g/mol. The van der Waals surface area contributed by atoms with Crippen LogP contribution in [0.25, 0.3) is 0 Å². The highest BCUT2D eigenvalue weighted by Crippen LogP contribution is 2.25. The lowest BCUT2D eigenvalue weighted by Gasteiger charge is -2.32. The van der Waals surface area contributed by atoms with Crippen molar-refractivity contribution in [3.8, 4) is 0 Å². The van der Waals surface area contributed by atoms with Crippen LogP contribution in [0.15, 0.2) is 0 Å². The number of aliphatic carboxylic acids is 1. The van der Waals surface area contributed by atoms with E-state index in [-0.39, 0.29) is 29.7 Å². The van der Waals surface area contributed by atoms with E-state index in [4.69, 9.17) is 10.8 Å². The molecule has 5 heteroatoms. The van der Waals surface area contributed by atoms with Crippen LogP contribution in [0.2, 0.25) is 0 Å². The zero-order valence-corrected chi connectivity index (χ0v) is 13.5. The molecule has 1 unspecified atom stereocenters. The van der Waals surface area contributed by atoms with E-state index in [1.54, 1.807) is 4.90 Å². The summed E-state index contributed by atoms with van der Waals surface area (Å²) in [7, 11) is 0. The molecule has 1 atom stereocenters. The van der Waals surface area contributed by atoms with Crippen molar-refractivity contribution in [2.45, 2.75) is 59.9 Å². The zero-order valence-electron chi connectivity index (χ0n) is 13.5. The van der Waals surface area contributed by atoms with Crippen molar-refractivity contribution in [3.63, 3.8) is 0 Å². The van der Waals surface area contributed by atoms with Crippen LogP contribution >= 0.6 is 0 Å². The fourth-order valence-corrected chi connectivity index (χ4v) is 2.27. The summed E-state index contributed by atoms with van der Waals surface area (Å²) < 4.78 is 0. The average Bonchev–Trinajstić information content (AvgIpc) is 2.28. The van der Waals surface area contributed by atoms with Crippen LogP contribution in [-0.4, -0.2) is 41.0 Å². The Morgan fingerprint density at radius 3 is 2.15 bits per heavy atom. The summed E-state index contributed by atoms with van der Waals surface area (Å²) in [4.78, 5) is 24.9. The lowest BCUT2D eigenvalue weighted by molar-refractivity contribution is -0.140. The molecule has 1 amide bonds. The van der Waals surface area contributed by atoms with E-state index >= 15 is 0 Å². The van der Waals surface area contributed by atoms with Crippen molar-refractivity contribution in [1.29, 1.82) is 0 Å². The van der Waals surface area contributed by atoms with Gasteiger partial charge in [-0.2, -0.15) is 0 Å². The normalized spacial score (nSPS) is 13.3. The Kier molecular flexibility index (Phi) is 7.79. The second-order valence-corrected chi connectivity index (χ2v) is 6.82. The maximum Gasteiger partial charge on any atom is 0.303 e. The molecule has 0 aromatic rings. The summed E-state index contributed by atoms with van der Waals surface area (Å²) in [6.07, 6.45) is 1.31. The van der Waals surface area contributed by atoms with Gasteiger partial charge < -0.3 is 15.7 Å². The van der Waals surface area contributed by atoms with Crippen LogP contribution in [0, 0.1) is 11.3 Å². The highest BCUT2D eigenvalue weighted by molar-refractivity contribution is 5.79. The maximum atomic E-state index is 12.6. The van der Waals surface area contributed by atoms with Gasteiger partial charge in [0.15, 0.2) is 0 Å². The van der Waals surface area contributed by atoms with Crippen LogP contribution in [0.1, 0.15) is 53.9 Å². The summed E-state index contributed by atoms with van der Waals surface area (Å²) >= 11 is 0. The Bertz CT molecular complexity index is 322. The molecule has 0 fully saturated rings. The lowest BCUT2D eigenvalue weighted by atomic mass is 9.84. The number of carbonyl (C=O) groups is 2. The lowest BCUT2D eigenvalue weighted by Crippen LogP contribution is -2.44. The predicted molar refractivity (Wildman–Crippen MR) is 80.3 cm³/mol. The number of carboxylic acids is 1. The molecule has 0 aliphatic rings. The van der Waals surface area contributed by atoms with Crippen LogP contribution in [0.5, 0.6) is 0 Å². The van der Waals surface area contributed by atoms with Gasteiger partial charge in [0.05, 0.1) is 5.92 Å². The Hall–Kier alpha value is -1.10. The minimum atomic E-state index is -0.828. The van der Waals surface area contributed by atoms with Gasteiger partial charge in [-0.3, -0.25) is 9.59 Å². The molecule has 0 spiro atoms. The molecule has 0 radical (unpaired) electrons. The molecule has 0 saturated carbocycles. The molecule has 0 aromatic carbocycles. The fraction of sp³-hybridized carbons (Fsp3) is 0.867. The van der Waals surface area contributed by atoms with Gasteiger partial charge in [0, 0.05) is 25.6 Å². The highest BCUT2D eigenvalue weighted by atomic mass is 16.4. The van der Waals surface area contributed by atoms with Gasteiger partial charge >= 0.3 is 5.97 Å². The molecule has 0 aromatic heterocycles. The predicted octanol–water partition coefficient (Wildman–Crippen LogP) is 2.10. The first-order chi connectivity index (χ1) is 9.08. The van der Waals surface area contributed by atoms with E-state index in [1.807, 2.05) is 13.8 Å². The molecule has 118 valence electrons. The standard InChI is InChI=1S/C15H30N2O3/c1-11(2)17(8-6-7-13(18)19)14(20)12(10-16)9-15(3,4)5/h11-12H,6-10,16H2,1-5H3,(H,18,19). The smallest absolute Gasteiger partial charge is 0.303 e. The van der Waals surface area contributed by atoms with Crippen molar-refractivity contribution in [2.24, 2.45) is 17.1 Å². The van der Waals surface area contributed by atoms with Crippen LogP contribution in [0.3, 0.4) is 0 Å². The minimum absolute atomic E-state index is 0.0443. The van der Waals surface area contributed by atoms with Gasteiger partial charge in [-0.05, 0) is 32.1 Å². The third-order valence-corrected chi connectivity index (χ3v) is 3.19. The van der Waals surface area contributed by atoms with E-state index in [0.717, 1.165) is 6.42 Å². The Morgan fingerprint density at radius 1 is 1.25 bits per heavy atom. The first-order valence-corrected chi connectivity index (χ1v) is 7.31. The van der Waals surface area contributed by atoms with E-state index in [1.165, 1.54) is 0 Å². The summed E-state index contributed by atoms with van der Waals surface area (Å²) in [5, 5.41) is 8.69. The van der Waals surface area contributed by atoms with Crippen molar-refractivity contribution >= 4 is 11.9 Å². The number of carboxylic acid groups (broad SMARTS) is 1. The van der Waals surface area contributed by atoms with Gasteiger partial charge in [0.2, 0.25) is 5.91 Å². The van der Waals surface area contributed by atoms with E-state index in [2.05, 4.69) is 20.8 Å². The number of nitrogens with zero attached hydrogens (tertiary/aromatic N) is 1. The first-order valence-electron chi connectivity index (χ1n) is 7.31. The van der Waals surface area contributed by atoms with Gasteiger partial charge in [-0.1, -0.05) is 20.8 Å². The Labute approximate surface area is 122 Å². The zero-order chi connectivity index (χ0) is 15.9.